The van der Waals surface area contributed by atoms with Crippen molar-refractivity contribution in [3.63, 3.8) is 0 Å². The Balaban J connectivity index is 3.88. The Morgan fingerprint density at radius 2 is 1.45 bits per heavy atom. The van der Waals surface area contributed by atoms with Crippen LogP contribution in [0, 0.1) is 0 Å². The fraction of sp³-hybridized carbons (Fsp3) is 0.571. The average molecular weight is 300 g/mol. The topological polar surface area (TPSA) is 61.8 Å². The number of hydrogen-bond donors (Lipinski definition) is 0. The summed E-state index contributed by atoms with van der Waals surface area (Å²) in [5.41, 5.74) is -0.257. The van der Waals surface area contributed by atoms with Gasteiger partial charge in [0.05, 0.1) is 18.8 Å². The quantitative estimate of drug-likeness (QED) is 0.247. The monoisotopic (exact) mass is 300 g/mol. The second-order valence-corrected chi connectivity index (χ2v) is 5.01. The summed E-state index contributed by atoms with van der Waals surface area (Å²) < 4.78 is 15.5. The minimum atomic E-state index is -0.408. The molecule has 0 amide bonds. The molecule has 0 bridgehead atoms. The van der Waals surface area contributed by atoms with Crippen molar-refractivity contribution >= 4 is 22.4 Å². The molecular weight excluding hydrogens is 276 g/mol. The van der Waals surface area contributed by atoms with E-state index in [9.17, 15) is 9.59 Å². The maximum atomic E-state index is 10.9. The van der Waals surface area contributed by atoms with Gasteiger partial charge in [-0.2, -0.15) is 0 Å². The minimum absolute atomic E-state index is 0.257. The van der Waals surface area contributed by atoms with Crippen molar-refractivity contribution in [1.29, 1.82) is 0 Å². The van der Waals surface area contributed by atoms with Crippen molar-refractivity contribution in [2.24, 2.45) is 0 Å². The number of esters is 2. The van der Waals surface area contributed by atoms with E-state index in [0.29, 0.717) is 23.7 Å². The fourth-order valence-corrected chi connectivity index (χ4v) is 2.09. The summed E-state index contributed by atoms with van der Waals surface area (Å²) in [4.78, 5) is 21.8. The number of carbonyl (C=O) groups is 2. The lowest BCUT2D eigenvalue weighted by Gasteiger charge is -2.29. The van der Waals surface area contributed by atoms with Crippen LogP contribution in [-0.2, 0) is 23.5 Å². The van der Waals surface area contributed by atoms with Crippen LogP contribution >= 0.6 is 0 Å². The Bertz CT molecular complexity index is 312. The highest BCUT2D eigenvalue weighted by Gasteiger charge is 2.22. The number of ether oxygens (including phenoxy) is 2. The van der Waals surface area contributed by atoms with Crippen molar-refractivity contribution in [3.05, 3.63) is 25.3 Å². The molecule has 0 spiro atoms. The van der Waals surface area contributed by atoms with Gasteiger partial charge in [-0.05, 0) is 32.6 Å². The first-order valence-electron chi connectivity index (χ1n) is 6.61. The van der Waals surface area contributed by atoms with Gasteiger partial charge in [0.25, 0.3) is 0 Å². The molecule has 0 aromatic rings. The standard InChI is InChI=1S/C14H24O5Si/c1-4-12(15)17-10-6-8-14(3,19-20)9-7-11-18-13(16)5-2/h4-5H,1-2,6-11H2,3,20H3. The van der Waals surface area contributed by atoms with E-state index in [0.717, 1.165) is 37.8 Å². The molecule has 0 heterocycles. The average Bonchev–Trinajstić information content (AvgIpc) is 2.47. The zero-order valence-corrected chi connectivity index (χ0v) is 14.4. The van der Waals surface area contributed by atoms with E-state index in [4.69, 9.17) is 13.9 Å². The summed E-state index contributed by atoms with van der Waals surface area (Å²) in [7, 11) is 0.630. The molecule has 0 saturated heterocycles. The lowest BCUT2D eigenvalue weighted by molar-refractivity contribution is -0.138. The van der Waals surface area contributed by atoms with Crippen LogP contribution < -0.4 is 0 Å². The van der Waals surface area contributed by atoms with E-state index >= 15 is 0 Å². The molecule has 0 fully saturated rings. The van der Waals surface area contributed by atoms with Gasteiger partial charge in [-0.25, -0.2) is 9.59 Å². The SMILES string of the molecule is C=CC(=O)OCCCC(C)(CCCOC(=O)C=C)O[SiH3]. The van der Waals surface area contributed by atoms with Gasteiger partial charge in [-0.3, -0.25) is 0 Å². The van der Waals surface area contributed by atoms with Crippen LogP contribution in [-0.4, -0.2) is 41.2 Å². The molecule has 0 aliphatic heterocycles. The van der Waals surface area contributed by atoms with Gasteiger partial charge in [0, 0.05) is 12.2 Å². The summed E-state index contributed by atoms with van der Waals surface area (Å²) in [6.45, 7) is 9.40. The number of carbonyl (C=O) groups excluding carboxylic acids is 2. The lowest BCUT2D eigenvalue weighted by Crippen LogP contribution is -2.29. The molecule has 0 N–H and O–H groups in total. The van der Waals surface area contributed by atoms with Crippen LogP contribution in [0.3, 0.4) is 0 Å². The Morgan fingerprint density at radius 1 is 1.05 bits per heavy atom. The van der Waals surface area contributed by atoms with Crippen molar-refractivity contribution in [2.75, 3.05) is 13.2 Å². The predicted octanol–water partition coefficient (Wildman–Crippen LogP) is 1.06. The largest absolute Gasteiger partial charge is 0.463 e. The molecule has 0 aromatic heterocycles. The van der Waals surface area contributed by atoms with E-state index in [-0.39, 0.29) is 5.60 Å². The van der Waals surface area contributed by atoms with Crippen LogP contribution in [0.2, 0.25) is 0 Å². The first kappa shape index (κ1) is 18.6. The smallest absolute Gasteiger partial charge is 0.330 e. The fourth-order valence-electron chi connectivity index (χ4n) is 1.68. The van der Waals surface area contributed by atoms with Crippen LogP contribution in [0.25, 0.3) is 0 Å². The normalized spacial score (nSPS) is 10.8. The molecule has 20 heavy (non-hydrogen) atoms. The van der Waals surface area contributed by atoms with Crippen molar-refractivity contribution < 1.29 is 23.5 Å². The number of hydrogen-bond acceptors (Lipinski definition) is 5. The van der Waals surface area contributed by atoms with Gasteiger partial charge >= 0.3 is 11.9 Å². The highest BCUT2D eigenvalue weighted by atomic mass is 28.2. The van der Waals surface area contributed by atoms with Gasteiger partial charge in [0.1, 0.15) is 10.5 Å². The maximum absolute atomic E-state index is 10.9. The third kappa shape index (κ3) is 8.66. The molecule has 114 valence electrons. The minimum Gasteiger partial charge on any atom is -0.463 e. The van der Waals surface area contributed by atoms with Crippen molar-refractivity contribution in [3.8, 4) is 0 Å². The van der Waals surface area contributed by atoms with Crippen LogP contribution in [0.5, 0.6) is 0 Å². The highest BCUT2D eigenvalue weighted by molar-refractivity contribution is 5.98. The van der Waals surface area contributed by atoms with Gasteiger partial charge < -0.3 is 13.9 Å². The van der Waals surface area contributed by atoms with E-state index in [1.807, 2.05) is 6.92 Å². The predicted molar refractivity (Wildman–Crippen MR) is 80.2 cm³/mol. The van der Waals surface area contributed by atoms with Crippen LogP contribution in [0.4, 0.5) is 0 Å². The van der Waals surface area contributed by atoms with E-state index in [1.54, 1.807) is 0 Å². The third-order valence-electron chi connectivity index (χ3n) is 3.01. The van der Waals surface area contributed by atoms with Gasteiger partial charge in [-0.15, -0.1) is 0 Å². The lowest BCUT2D eigenvalue weighted by atomic mass is 9.95. The van der Waals surface area contributed by atoms with Crippen LogP contribution in [0.1, 0.15) is 32.6 Å². The molecular formula is C14H24O5Si. The van der Waals surface area contributed by atoms with Crippen molar-refractivity contribution in [2.45, 2.75) is 38.2 Å². The van der Waals surface area contributed by atoms with Crippen molar-refractivity contribution in [1.82, 2.24) is 0 Å². The second kappa shape index (κ2) is 10.4. The van der Waals surface area contributed by atoms with Gasteiger partial charge in [0.2, 0.25) is 0 Å². The Kier molecular flexibility index (Phi) is 9.66. The van der Waals surface area contributed by atoms with E-state index in [1.165, 1.54) is 0 Å². The number of rotatable bonds is 11. The van der Waals surface area contributed by atoms with Crippen LogP contribution in [0.15, 0.2) is 25.3 Å². The first-order chi connectivity index (χ1) is 9.47. The molecule has 5 nitrogen and oxygen atoms in total. The van der Waals surface area contributed by atoms with Gasteiger partial charge in [-0.1, -0.05) is 13.2 Å². The van der Waals surface area contributed by atoms with E-state index < -0.39 is 11.9 Å². The Hall–Kier alpha value is -1.40. The molecule has 6 heteroatoms. The first-order valence-corrected chi connectivity index (χ1v) is 7.42. The third-order valence-corrected chi connectivity index (χ3v) is 4.00. The van der Waals surface area contributed by atoms with Gasteiger partial charge in [0.15, 0.2) is 0 Å². The molecule has 0 unspecified atom stereocenters. The summed E-state index contributed by atoms with van der Waals surface area (Å²) in [6, 6.07) is 0. The summed E-state index contributed by atoms with van der Waals surface area (Å²) in [5.74, 6) is -0.815. The van der Waals surface area contributed by atoms with E-state index in [2.05, 4.69) is 13.2 Å². The molecule has 0 aliphatic rings. The molecule has 0 atom stereocenters. The molecule has 0 radical (unpaired) electrons. The molecule has 0 rings (SSSR count). The second-order valence-electron chi connectivity index (χ2n) is 4.60. The zero-order chi connectivity index (χ0) is 15.4. The summed E-state index contributed by atoms with van der Waals surface area (Å²) in [5, 5.41) is 0. The molecule has 0 aromatic carbocycles. The maximum Gasteiger partial charge on any atom is 0.330 e. The summed E-state index contributed by atoms with van der Waals surface area (Å²) in [6.07, 6.45) is 5.33. The zero-order valence-electron chi connectivity index (χ0n) is 12.4. The molecule has 0 aliphatic carbocycles. The Labute approximate surface area is 123 Å². The summed E-state index contributed by atoms with van der Waals surface area (Å²) >= 11 is 0. The molecule has 0 saturated carbocycles. The Morgan fingerprint density at radius 3 is 1.75 bits per heavy atom. The highest BCUT2D eigenvalue weighted by Crippen LogP contribution is 2.22.